The summed E-state index contributed by atoms with van der Waals surface area (Å²) in [6, 6.07) is 7.72. The smallest absolute Gasteiger partial charge is 0.178 e. The minimum Gasteiger partial charge on any atom is -0.337 e. The molecule has 0 radical (unpaired) electrons. The summed E-state index contributed by atoms with van der Waals surface area (Å²) < 4.78 is 0.924. The lowest BCUT2D eigenvalue weighted by molar-refractivity contribution is 1.28. The number of nitrogens with one attached hydrogen (secondary N) is 1. The van der Waals surface area contributed by atoms with E-state index in [0.717, 1.165) is 26.9 Å². The Morgan fingerprint density at radius 3 is 2.94 bits per heavy atom. The van der Waals surface area contributed by atoms with Crippen LogP contribution in [-0.2, 0) is 0 Å². The summed E-state index contributed by atoms with van der Waals surface area (Å²) in [5.41, 5.74) is 3.72. The molecule has 0 aliphatic rings. The highest BCUT2D eigenvalue weighted by atomic mass is 79.9. The van der Waals surface area contributed by atoms with Gasteiger partial charge in [0.05, 0.1) is 5.52 Å². The summed E-state index contributed by atoms with van der Waals surface area (Å²) in [4.78, 5) is 12.0. The van der Waals surface area contributed by atoms with Crippen LogP contribution in [0.5, 0.6) is 0 Å². The van der Waals surface area contributed by atoms with E-state index in [0.29, 0.717) is 10.7 Å². The number of rotatable bonds is 1. The van der Waals surface area contributed by atoms with Gasteiger partial charge in [0, 0.05) is 21.3 Å². The van der Waals surface area contributed by atoms with Crippen LogP contribution < -0.4 is 0 Å². The Morgan fingerprint density at radius 1 is 1.28 bits per heavy atom. The zero-order chi connectivity index (χ0) is 12.7. The fraction of sp³-hybridized carbons (Fsp3) is 0.0769. The van der Waals surface area contributed by atoms with Gasteiger partial charge in [-0.1, -0.05) is 17.7 Å². The Balaban J connectivity index is 2.22. The SMILES string of the molecule is Cc1ccc(Cl)cc1-c1nc2ncc(Br)cc2[nH]1. The zero-order valence-corrected chi connectivity index (χ0v) is 11.9. The molecule has 0 spiro atoms. The molecule has 5 heteroatoms. The van der Waals surface area contributed by atoms with Gasteiger partial charge < -0.3 is 4.98 Å². The Morgan fingerprint density at radius 2 is 2.11 bits per heavy atom. The third-order valence-corrected chi connectivity index (χ3v) is 3.43. The van der Waals surface area contributed by atoms with Crippen LogP contribution in [0.3, 0.4) is 0 Å². The van der Waals surface area contributed by atoms with E-state index < -0.39 is 0 Å². The third kappa shape index (κ3) is 2.02. The normalized spacial score (nSPS) is 11.1. The lowest BCUT2D eigenvalue weighted by Crippen LogP contribution is -1.85. The van der Waals surface area contributed by atoms with Crippen molar-refractivity contribution in [2.24, 2.45) is 0 Å². The summed E-state index contributed by atoms with van der Waals surface area (Å²) in [6.07, 6.45) is 1.73. The van der Waals surface area contributed by atoms with Crippen LogP contribution in [0.4, 0.5) is 0 Å². The Bertz CT molecular complexity index is 736. The first-order valence-corrected chi connectivity index (χ1v) is 6.58. The molecule has 3 aromatic rings. The second-order valence-electron chi connectivity index (χ2n) is 4.07. The standard InChI is InChI=1S/C13H9BrClN3/c1-7-2-3-9(15)5-10(7)12-17-11-4-8(14)6-16-13(11)18-12/h2-6H,1H3,(H,16,17,18). The van der Waals surface area contributed by atoms with Crippen LogP contribution in [0, 0.1) is 6.92 Å². The van der Waals surface area contributed by atoms with Gasteiger partial charge in [-0.15, -0.1) is 0 Å². The maximum Gasteiger partial charge on any atom is 0.178 e. The first-order chi connectivity index (χ1) is 8.63. The molecule has 2 aromatic heterocycles. The number of hydrogen-bond acceptors (Lipinski definition) is 2. The summed E-state index contributed by atoms with van der Waals surface area (Å²) >= 11 is 9.42. The van der Waals surface area contributed by atoms with Crippen molar-refractivity contribution in [1.82, 2.24) is 15.0 Å². The van der Waals surface area contributed by atoms with Crippen molar-refractivity contribution < 1.29 is 0 Å². The van der Waals surface area contributed by atoms with Crippen LogP contribution in [0.25, 0.3) is 22.6 Å². The number of nitrogens with zero attached hydrogens (tertiary/aromatic N) is 2. The minimum absolute atomic E-state index is 0.699. The van der Waals surface area contributed by atoms with Gasteiger partial charge in [0.25, 0.3) is 0 Å². The monoisotopic (exact) mass is 321 g/mol. The summed E-state index contributed by atoms with van der Waals surface area (Å²) in [6.45, 7) is 2.03. The van der Waals surface area contributed by atoms with Crippen molar-refractivity contribution >= 4 is 38.7 Å². The van der Waals surface area contributed by atoms with Gasteiger partial charge in [-0.2, -0.15) is 0 Å². The maximum atomic E-state index is 6.03. The van der Waals surface area contributed by atoms with E-state index in [4.69, 9.17) is 11.6 Å². The molecule has 0 aliphatic heterocycles. The van der Waals surface area contributed by atoms with Crippen molar-refractivity contribution in [3.8, 4) is 11.4 Å². The van der Waals surface area contributed by atoms with Gasteiger partial charge >= 0.3 is 0 Å². The van der Waals surface area contributed by atoms with Crippen LogP contribution in [0.2, 0.25) is 5.02 Å². The molecular formula is C13H9BrClN3. The first-order valence-electron chi connectivity index (χ1n) is 5.41. The summed E-state index contributed by atoms with van der Waals surface area (Å²) in [5.74, 6) is 0.788. The predicted molar refractivity (Wildman–Crippen MR) is 76.8 cm³/mol. The average Bonchev–Trinajstić information content (AvgIpc) is 2.74. The van der Waals surface area contributed by atoms with Crippen LogP contribution in [0.1, 0.15) is 5.56 Å². The quantitative estimate of drug-likeness (QED) is 0.723. The van der Waals surface area contributed by atoms with E-state index in [-0.39, 0.29) is 0 Å². The number of hydrogen-bond donors (Lipinski definition) is 1. The molecule has 0 saturated carbocycles. The van der Waals surface area contributed by atoms with Gasteiger partial charge in [0.15, 0.2) is 5.65 Å². The molecule has 1 aromatic carbocycles. The third-order valence-electron chi connectivity index (χ3n) is 2.76. The number of fused-ring (bicyclic) bond motifs is 1. The second-order valence-corrected chi connectivity index (χ2v) is 5.42. The molecule has 3 rings (SSSR count). The lowest BCUT2D eigenvalue weighted by atomic mass is 10.1. The molecule has 1 N–H and O–H groups in total. The van der Waals surface area contributed by atoms with E-state index in [1.165, 1.54) is 0 Å². The topological polar surface area (TPSA) is 41.6 Å². The molecule has 0 saturated heterocycles. The van der Waals surface area contributed by atoms with Crippen LogP contribution >= 0.6 is 27.5 Å². The molecule has 0 amide bonds. The number of halogens is 2. The molecule has 0 bridgehead atoms. The number of benzene rings is 1. The van der Waals surface area contributed by atoms with Gasteiger partial charge in [0.2, 0.25) is 0 Å². The molecular weight excluding hydrogens is 314 g/mol. The highest BCUT2D eigenvalue weighted by molar-refractivity contribution is 9.10. The van der Waals surface area contributed by atoms with Crippen LogP contribution in [-0.4, -0.2) is 15.0 Å². The highest BCUT2D eigenvalue weighted by Crippen LogP contribution is 2.26. The van der Waals surface area contributed by atoms with E-state index >= 15 is 0 Å². The van der Waals surface area contributed by atoms with Crippen molar-refractivity contribution in [2.75, 3.05) is 0 Å². The fourth-order valence-corrected chi connectivity index (χ4v) is 2.35. The van der Waals surface area contributed by atoms with Crippen molar-refractivity contribution in [2.45, 2.75) is 6.92 Å². The number of aromatic nitrogens is 3. The van der Waals surface area contributed by atoms with E-state index in [1.807, 2.05) is 31.2 Å². The van der Waals surface area contributed by atoms with Gasteiger partial charge in [-0.05, 0) is 46.6 Å². The first kappa shape index (κ1) is 11.7. The van der Waals surface area contributed by atoms with Crippen molar-refractivity contribution in [1.29, 1.82) is 0 Å². The van der Waals surface area contributed by atoms with Crippen molar-refractivity contribution in [3.63, 3.8) is 0 Å². The molecule has 3 nitrogen and oxygen atoms in total. The predicted octanol–water partition coefficient (Wildman–Crippen LogP) is 4.35. The second kappa shape index (κ2) is 4.37. The molecule has 90 valence electrons. The Hall–Kier alpha value is -1.39. The number of pyridine rings is 1. The number of H-pyrrole nitrogens is 1. The highest BCUT2D eigenvalue weighted by Gasteiger charge is 2.09. The molecule has 18 heavy (non-hydrogen) atoms. The van der Waals surface area contributed by atoms with Gasteiger partial charge in [-0.3, -0.25) is 0 Å². The minimum atomic E-state index is 0.699. The number of aromatic amines is 1. The molecule has 0 atom stereocenters. The zero-order valence-electron chi connectivity index (χ0n) is 9.54. The largest absolute Gasteiger partial charge is 0.337 e. The summed E-state index contributed by atoms with van der Waals surface area (Å²) in [5, 5.41) is 0.699. The Labute approximate surface area is 117 Å². The van der Waals surface area contributed by atoms with Crippen molar-refractivity contribution in [3.05, 3.63) is 45.5 Å². The molecule has 2 heterocycles. The van der Waals surface area contributed by atoms with Gasteiger partial charge in [-0.25, -0.2) is 9.97 Å². The molecule has 0 aliphatic carbocycles. The van der Waals surface area contributed by atoms with E-state index in [9.17, 15) is 0 Å². The van der Waals surface area contributed by atoms with Gasteiger partial charge in [0.1, 0.15) is 5.82 Å². The summed E-state index contributed by atoms with van der Waals surface area (Å²) in [7, 11) is 0. The Kier molecular flexibility index (Phi) is 2.84. The maximum absolute atomic E-state index is 6.03. The molecule has 0 unspecified atom stereocenters. The fourth-order valence-electron chi connectivity index (χ4n) is 1.85. The number of aryl methyl sites for hydroxylation is 1. The van der Waals surface area contributed by atoms with E-state index in [2.05, 4.69) is 30.9 Å². The molecule has 0 fully saturated rings. The average molecular weight is 323 g/mol. The lowest BCUT2D eigenvalue weighted by Gasteiger charge is -2.02. The number of imidazole rings is 1. The van der Waals surface area contributed by atoms with E-state index in [1.54, 1.807) is 6.20 Å². The van der Waals surface area contributed by atoms with Crippen LogP contribution in [0.15, 0.2) is 34.9 Å².